The number of nitrogens with zero attached hydrogens (tertiary/aromatic N) is 1. The maximum Gasteiger partial charge on any atom is 0.195 e. The van der Waals surface area contributed by atoms with Gasteiger partial charge in [0.2, 0.25) is 0 Å². The summed E-state index contributed by atoms with van der Waals surface area (Å²) in [6, 6.07) is 14.3. The van der Waals surface area contributed by atoms with Crippen molar-refractivity contribution in [1.29, 1.82) is 0 Å². The van der Waals surface area contributed by atoms with Crippen molar-refractivity contribution < 1.29 is 14.2 Å². The van der Waals surface area contributed by atoms with Gasteiger partial charge in [-0.1, -0.05) is 12.1 Å². The summed E-state index contributed by atoms with van der Waals surface area (Å²) in [5, 5.41) is 6.83. The smallest absolute Gasteiger partial charge is 0.195 e. The summed E-state index contributed by atoms with van der Waals surface area (Å²) < 4.78 is 16.7. The highest BCUT2D eigenvalue weighted by Crippen LogP contribution is 2.47. The van der Waals surface area contributed by atoms with Crippen LogP contribution in [0.25, 0.3) is 0 Å². The molecule has 1 aliphatic carbocycles. The fraction of sp³-hybridized carbons (Fsp3) is 0.409. The monoisotopic (exact) mass is 509 g/mol. The van der Waals surface area contributed by atoms with E-state index in [0.717, 1.165) is 41.9 Å². The number of hydrogen-bond donors (Lipinski definition) is 2. The molecule has 156 valence electrons. The zero-order valence-corrected chi connectivity index (χ0v) is 19.2. The van der Waals surface area contributed by atoms with Crippen LogP contribution in [0.1, 0.15) is 24.8 Å². The molecule has 2 aliphatic rings. The molecule has 2 aromatic carbocycles. The lowest BCUT2D eigenvalue weighted by molar-refractivity contribution is 0.297. The van der Waals surface area contributed by atoms with Crippen LogP contribution in [0.5, 0.6) is 17.2 Å². The molecule has 1 heterocycles. The summed E-state index contributed by atoms with van der Waals surface area (Å²) >= 11 is 0. The van der Waals surface area contributed by atoms with Gasteiger partial charge in [0.15, 0.2) is 17.5 Å². The van der Waals surface area contributed by atoms with E-state index < -0.39 is 0 Å². The highest BCUT2D eigenvalue weighted by atomic mass is 127. The molecule has 7 heteroatoms. The third kappa shape index (κ3) is 5.07. The molecule has 1 fully saturated rings. The van der Waals surface area contributed by atoms with Crippen LogP contribution in [-0.4, -0.2) is 39.9 Å². The van der Waals surface area contributed by atoms with Gasteiger partial charge in [0.1, 0.15) is 5.75 Å². The summed E-state index contributed by atoms with van der Waals surface area (Å²) in [6.07, 6.45) is 3.24. The van der Waals surface area contributed by atoms with Crippen molar-refractivity contribution in [1.82, 2.24) is 5.32 Å². The minimum Gasteiger partial charge on any atom is -0.497 e. The maximum absolute atomic E-state index is 5.77. The van der Waals surface area contributed by atoms with Crippen LogP contribution in [-0.2, 0) is 5.41 Å². The quantitative estimate of drug-likeness (QED) is 0.360. The van der Waals surface area contributed by atoms with E-state index in [4.69, 9.17) is 14.2 Å². The summed E-state index contributed by atoms with van der Waals surface area (Å²) in [6.45, 7) is 2.20. The van der Waals surface area contributed by atoms with Crippen molar-refractivity contribution in [3.63, 3.8) is 0 Å². The first-order chi connectivity index (χ1) is 13.7. The van der Waals surface area contributed by atoms with Gasteiger partial charge in [0.25, 0.3) is 0 Å². The average molecular weight is 509 g/mol. The van der Waals surface area contributed by atoms with Crippen LogP contribution in [0, 0.1) is 0 Å². The molecular weight excluding hydrogens is 481 g/mol. The van der Waals surface area contributed by atoms with E-state index in [-0.39, 0.29) is 29.4 Å². The molecule has 0 amide bonds. The standard InChI is InChI=1S/C22H27N3O3.HI/c1-23-21(25-17-6-9-19-20(14-17)28-13-3-12-27-19)24-15-22(10-11-22)16-4-7-18(26-2)8-5-16;/h4-9,14H,3,10-13,15H2,1-2H3,(H2,23,24,25);1H. The number of fused-ring (bicyclic) bond motifs is 1. The molecule has 0 aromatic heterocycles. The number of methoxy groups -OCH3 is 1. The Balaban J connectivity index is 0.00000240. The molecule has 0 radical (unpaired) electrons. The molecule has 6 nitrogen and oxygen atoms in total. The first-order valence-electron chi connectivity index (χ1n) is 9.74. The number of aliphatic imine (C=N–C) groups is 1. The Morgan fingerprint density at radius 2 is 1.79 bits per heavy atom. The summed E-state index contributed by atoms with van der Waals surface area (Å²) in [7, 11) is 3.48. The molecule has 0 atom stereocenters. The molecule has 1 saturated carbocycles. The molecule has 0 unspecified atom stereocenters. The molecule has 2 aromatic rings. The lowest BCUT2D eigenvalue weighted by Gasteiger charge is -2.19. The van der Waals surface area contributed by atoms with E-state index in [0.29, 0.717) is 13.2 Å². The summed E-state index contributed by atoms with van der Waals surface area (Å²) in [4.78, 5) is 4.37. The SMILES string of the molecule is CN=C(NCC1(c2ccc(OC)cc2)CC1)Nc1ccc2c(c1)OCCCO2.I. The molecule has 4 rings (SSSR count). The predicted octanol–water partition coefficient (Wildman–Crippen LogP) is 4.19. The number of rotatable bonds is 5. The minimum absolute atomic E-state index is 0. The molecule has 29 heavy (non-hydrogen) atoms. The Labute approximate surface area is 189 Å². The Morgan fingerprint density at radius 3 is 2.45 bits per heavy atom. The van der Waals surface area contributed by atoms with Crippen molar-refractivity contribution in [3.8, 4) is 17.2 Å². The van der Waals surface area contributed by atoms with Crippen molar-refractivity contribution in [2.45, 2.75) is 24.7 Å². The van der Waals surface area contributed by atoms with Crippen LogP contribution in [0.3, 0.4) is 0 Å². The van der Waals surface area contributed by atoms with E-state index in [9.17, 15) is 0 Å². The van der Waals surface area contributed by atoms with Crippen LogP contribution < -0.4 is 24.8 Å². The molecule has 0 spiro atoms. The third-order valence-electron chi connectivity index (χ3n) is 5.38. The second-order valence-electron chi connectivity index (χ2n) is 7.27. The highest BCUT2D eigenvalue weighted by Gasteiger charge is 2.44. The molecule has 0 saturated heterocycles. The van der Waals surface area contributed by atoms with Gasteiger partial charge in [0.05, 0.1) is 20.3 Å². The predicted molar refractivity (Wildman–Crippen MR) is 126 cm³/mol. The number of hydrogen-bond acceptors (Lipinski definition) is 4. The number of ether oxygens (including phenoxy) is 3. The van der Waals surface area contributed by atoms with Crippen molar-refractivity contribution in [3.05, 3.63) is 48.0 Å². The lowest BCUT2D eigenvalue weighted by atomic mass is 9.96. The van der Waals surface area contributed by atoms with Gasteiger partial charge in [0, 0.05) is 37.2 Å². The topological polar surface area (TPSA) is 64.1 Å². The normalized spacial score (nSPS) is 16.8. The third-order valence-corrected chi connectivity index (χ3v) is 5.38. The Hall–Kier alpha value is -2.16. The second kappa shape index (κ2) is 9.56. The van der Waals surface area contributed by atoms with Gasteiger partial charge in [-0.05, 0) is 42.7 Å². The van der Waals surface area contributed by atoms with E-state index in [2.05, 4.69) is 27.8 Å². The Kier molecular flexibility index (Phi) is 7.10. The maximum atomic E-state index is 5.77. The average Bonchev–Trinajstić information content (AvgIpc) is 3.55. The first kappa shape index (κ1) is 21.5. The highest BCUT2D eigenvalue weighted by molar-refractivity contribution is 14.0. The van der Waals surface area contributed by atoms with Crippen molar-refractivity contribution in [2.24, 2.45) is 4.99 Å². The van der Waals surface area contributed by atoms with Crippen LogP contribution in [0.4, 0.5) is 5.69 Å². The second-order valence-corrected chi connectivity index (χ2v) is 7.27. The zero-order valence-electron chi connectivity index (χ0n) is 16.9. The number of anilines is 1. The van der Waals surface area contributed by atoms with Crippen LogP contribution in [0.15, 0.2) is 47.5 Å². The number of benzene rings is 2. The molecular formula is C22H28IN3O3. The first-order valence-corrected chi connectivity index (χ1v) is 9.74. The minimum atomic E-state index is 0. The summed E-state index contributed by atoms with van der Waals surface area (Å²) in [5.74, 6) is 3.20. The largest absolute Gasteiger partial charge is 0.497 e. The van der Waals surface area contributed by atoms with Gasteiger partial charge in [-0.15, -0.1) is 24.0 Å². The van der Waals surface area contributed by atoms with E-state index in [1.165, 1.54) is 18.4 Å². The van der Waals surface area contributed by atoms with E-state index in [1.54, 1.807) is 14.2 Å². The fourth-order valence-electron chi connectivity index (χ4n) is 3.47. The van der Waals surface area contributed by atoms with Crippen molar-refractivity contribution >= 4 is 35.6 Å². The zero-order chi connectivity index (χ0) is 19.4. The van der Waals surface area contributed by atoms with Gasteiger partial charge in [-0.25, -0.2) is 0 Å². The van der Waals surface area contributed by atoms with Crippen LogP contribution in [0.2, 0.25) is 0 Å². The van der Waals surface area contributed by atoms with Gasteiger partial charge in [-0.3, -0.25) is 4.99 Å². The van der Waals surface area contributed by atoms with E-state index >= 15 is 0 Å². The van der Waals surface area contributed by atoms with E-state index in [1.807, 2.05) is 30.3 Å². The van der Waals surface area contributed by atoms with Gasteiger partial charge in [-0.2, -0.15) is 0 Å². The fourth-order valence-corrected chi connectivity index (χ4v) is 3.47. The van der Waals surface area contributed by atoms with Crippen LogP contribution >= 0.6 is 24.0 Å². The number of nitrogens with one attached hydrogen (secondary N) is 2. The number of guanidine groups is 1. The number of halogens is 1. The lowest BCUT2D eigenvalue weighted by Crippen LogP contribution is -2.36. The van der Waals surface area contributed by atoms with Crippen molar-refractivity contribution in [2.75, 3.05) is 39.2 Å². The van der Waals surface area contributed by atoms with Gasteiger partial charge >= 0.3 is 0 Å². The Bertz CT molecular complexity index is 851. The summed E-state index contributed by atoms with van der Waals surface area (Å²) in [5.41, 5.74) is 2.44. The molecule has 2 N–H and O–H groups in total. The molecule has 1 aliphatic heterocycles. The molecule has 0 bridgehead atoms. The Morgan fingerprint density at radius 1 is 1.07 bits per heavy atom. The van der Waals surface area contributed by atoms with Gasteiger partial charge < -0.3 is 24.8 Å².